The van der Waals surface area contributed by atoms with Crippen LogP contribution in [-0.2, 0) is 19.6 Å². The van der Waals surface area contributed by atoms with Crippen molar-refractivity contribution >= 4 is 27.5 Å². The normalized spacial score (nSPS) is 26.3. The van der Waals surface area contributed by atoms with Gasteiger partial charge in [-0.15, -0.1) is 0 Å². The third-order valence-corrected chi connectivity index (χ3v) is 7.30. The predicted octanol–water partition coefficient (Wildman–Crippen LogP) is 2.28. The first-order valence-corrected chi connectivity index (χ1v) is 13.6. The quantitative estimate of drug-likeness (QED) is 0.670. The van der Waals surface area contributed by atoms with Crippen LogP contribution >= 0.6 is 0 Å². The Labute approximate surface area is 195 Å². The van der Waals surface area contributed by atoms with Crippen molar-refractivity contribution < 1.29 is 27.5 Å². The third kappa shape index (κ3) is 5.97. The summed E-state index contributed by atoms with van der Waals surface area (Å²) in [7, 11) is -1.74. The minimum atomic E-state index is -3.46. The van der Waals surface area contributed by atoms with Gasteiger partial charge >= 0.3 is 0 Å². The largest absolute Gasteiger partial charge is 0.490 e. The van der Waals surface area contributed by atoms with Crippen LogP contribution in [0.25, 0.3) is 0 Å². The fraction of sp³-hybridized carbons (Fsp3) is 0.652. The predicted molar refractivity (Wildman–Crippen MR) is 124 cm³/mol. The first kappa shape index (κ1) is 23.8. The molecule has 1 saturated carbocycles. The SMILES string of the molecule is CN1C(=O)c2cc(NS(C)(=O)=O)ccc2OC[C@H]2O[C@H](CC(=O)NC3CCCCC3)CC[C@@H]21. The van der Waals surface area contributed by atoms with Gasteiger partial charge in [0.2, 0.25) is 15.9 Å². The van der Waals surface area contributed by atoms with Crippen LogP contribution in [0.3, 0.4) is 0 Å². The molecule has 2 aliphatic heterocycles. The highest BCUT2D eigenvalue weighted by Crippen LogP contribution is 2.32. The second kappa shape index (κ2) is 9.89. The van der Waals surface area contributed by atoms with Gasteiger partial charge in [0.15, 0.2) is 0 Å². The van der Waals surface area contributed by atoms with E-state index in [-0.39, 0.29) is 42.7 Å². The average Bonchev–Trinajstić information content (AvgIpc) is 2.76. The summed E-state index contributed by atoms with van der Waals surface area (Å²) in [6, 6.07) is 4.74. The van der Waals surface area contributed by atoms with Gasteiger partial charge in [0.05, 0.1) is 30.4 Å². The van der Waals surface area contributed by atoms with Crippen molar-refractivity contribution in [3.63, 3.8) is 0 Å². The first-order valence-electron chi connectivity index (χ1n) is 11.7. The highest BCUT2D eigenvalue weighted by molar-refractivity contribution is 7.92. The number of carbonyl (C=O) groups is 2. The first-order chi connectivity index (χ1) is 15.7. The Morgan fingerprint density at radius 1 is 1.15 bits per heavy atom. The van der Waals surface area contributed by atoms with Gasteiger partial charge in [-0.1, -0.05) is 19.3 Å². The molecule has 1 aliphatic carbocycles. The Balaban J connectivity index is 1.42. The van der Waals surface area contributed by atoms with Gasteiger partial charge < -0.3 is 19.7 Å². The molecule has 1 aromatic rings. The summed E-state index contributed by atoms with van der Waals surface area (Å²) in [5.41, 5.74) is 0.612. The van der Waals surface area contributed by atoms with Crippen molar-refractivity contribution in [3.05, 3.63) is 23.8 Å². The summed E-state index contributed by atoms with van der Waals surface area (Å²) in [6.07, 6.45) is 7.87. The maximum absolute atomic E-state index is 13.2. The number of benzene rings is 1. The molecule has 3 aliphatic rings. The molecule has 2 amide bonds. The summed E-state index contributed by atoms with van der Waals surface area (Å²) in [4.78, 5) is 27.4. The smallest absolute Gasteiger partial charge is 0.257 e. The van der Waals surface area contributed by atoms with E-state index in [9.17, 15) is 18.0 Å². The number of sulfonamides is 1. The number of hydrogen-bond donors (Lipinski definition) is 2. The summed E-state index contributed by atoms with van der Waals surface area (Å²) in [5, 5.41) is 3.15. The zero-order valence-electron chi connectivity index (χ0n) is 19.2. The van der Waals surface area contributed by atoms with Crippen molar-refractivity contribution in [2.45, 2.75) is 75.7 Å². The van der Waals surface area contributed by atoms with E-state index < -0.39 is 10.0 Å². The number of carbonyl (C=O) groups excluding carboxylic acids is 2. The highest BCUT2D eigenvalue weighted by Gasteiger charge is 2.39. The highest BCUT2D eigenvalue weighted by atomic mass is 32.2. The van der Waals surface area contributed by atoms with Crippen molar-refractivity contribution in [3.8, 4) is 5.75 Å². The average molecular weight is 480 g/mol. The van der Waals surface area contributed by atoms with E-state index in [1.165, 1.54) is 25.3 Å². The molecular formula is C23H33N3O6S. The van der Waals surface area contributed by atoms with E-state index in [0.29, 0.717) is 36.3 Å². The third-order valence-electron chi connectivity index (χ3n) is 6.70. The molecule has 33 heavy (non-hydrogen) atoms. The topological polar surface area (TPSA) is 114 Å². The number of hydrogen-bond acceptors (Lipinski definition) is 6. The molecule has 3 atom stereocenters. The molecule has 0 spiro atoms. The molecule has 2 heterocycles. The Morgan fingerprint density at radius 3 is 2.64 bits per heavy atom. The van der Waals surface area contributed by atoms with E-state index in [0.717, 1.165) is 19.1 Å². The van der Waals surface area contributed by atoms with Gasteiger partial charge in [-0.2, -0.15) is 0 Å². The monoisotopic (exact) mass is 479 g/mol. The molecule has 2 N–H and O–H groups in total. The second-order valence-corrected chi connectivity index (χ2v) is 11.1. The van der Waals surface area contributed by atoms with Gasteiger partial charge in [0.1, 0.15) is 18.5 Å². The minimum absolute atomic E-state index is 0.0257. The molecule has 0 unspecified atom stereocenters. The lowest BCUT2D eigenvalue weighted by Gasteiger charge is -2.42. The maximum Gasteiger partial charge on any atom is 0.257 e. The summed E-state index contributed by atoms with van der Waals surface area (Å²) >= 11 is 0. The van der Waals surface area contributed by atoms with Gasteiger partial charge in [-0.3, -0.25) is 14.3 Å². The summed E-state index contributed by atoms with van der Waals surface area (Å²) < 4.78 is 37.7. The lowest BCUT2D eigenvalue weighted by atomic mass is 9.93. The van der Waals surface area contributed by atoms with Crippen molar-refractivity contribution in [2.75, 3.05) is 24.6 Å². The molecule has 4 rings (SSSR count). The van der Waals surface area contributed by atoms with Crippen LogP contribution in [0.4, 0.5) is 5.69 Å². The molecule has 0 radical (unpaired) electrons. The summed E-state index contributed by atoms with van der Waals surface area (Å²) in [5.74, 6) is 0.150. The number of fused-ring (bicyclic) bond motifs is 2. The number of rotatable bonds is 5. The van der Waals surface area contributed by atoms with Crippen LogP contribution < -0.4 is 14.8 Å². The van der Waals surface area contributed by atoms with E-state index in [1.54, 1.807) is 24.1 Å². The molecule has 0 bridgehead atoms. The Bertz CT molecular complexity index is 992. The zero-order chi connectivity index (χ0) is 23.6. The van der Waals surface area contributed by atoms with Crippen LogP contribution in [0.5, 0.6) is 5.75 Å². The number of nitrogens with one attached hydrogen (secondary N) is 2. The second-order valence-electron chi connectivity index (χ2n) is 9.36. The number of nitrogens with zero attached hydrogens (tertiary/aromatic N) is 1. The van der Waals surface area contributed by atoms with Crippen molar-refractivity contribution in [1.82, 2.24) is 10.2 Å². The maximum atomic E-state index is 13.2. The molecule has 10 heteroatoms. The molecule has 182 valence electrons. The van der Waals surface area contributed by atoms with Gasteiger partial charge in [-0.05, 0) is 43.9 Å². The van der Waals surface area contributed by atoms with E-state index >= 15 is 0 Å². The van der Waals surface area contributed by atoms with E-state index in [4.69, 9.17) is 9.47 Å². The number of anilines is 1. The van der Waals surface area contributed by atoms with Gasteiger partial charge in [0, 0.05) is 18.8 Å². The Kier molecular flexibility index (Phi) is 7.13. The molecular weight excluding hydrogens is 446 g/mol. The molecule has 1 aromatic carbocycles. The summed E-state index contributed by atoms with van der Waals surface area (Å²) in [6.45, 7) is 0.245. The lowest BCUT2D eigenvalue weighted by molar-refractivity contribution is -0.134. The van der Waals surface area contributed by atoms with Gasteiger partial charge in [-0.25, -0.2) is 8.42 Å². The van der Waals surface area contributed by atoms with Crippen LogP contribution in [0.2, 0.25) is 0 Å². The molecule has 9 nitrogen and oxygen atoms in total. The Morgan fingerprint density at radius 2 is 1.91 bits per heavy atom. The van der Waals surface area contributed by atoms with Crippen molar-refractivity contribution in [1.29, 1.82) is 0 Å². The van der Waals surface area contributed by atoms with E-state index in [2.05, 4.69) is 10.0 Å². The van der Waals surface area contributed by atoms with Crippen LogP contribution in [-0.4, -0.2) is 69.3 Å². The van der Waals surface area contributed by atoms with Crippen LogP contribution in [0.15, 0.2) is 18.2 Å². The number of likely N-dealkylation sites (N-methyl/N-ethyl adjacent to an activating group) is 1. The van der Waals surface area contributed by atoms with E-state index in [1.807, 2.05) is 0 Å². The molecule has 2 fully saturated rings. The Hall–Kier alpha value is -2.33. The lowest BCUT2D eigenvalue weighted by Crippen LogP contribution is -2.54. The number of ether oxygens (including phenoxy) is 2. The number of amides is 2. The molecule has 0 aromatic heterocycles. The van der Waals surface area contributed by atoms with Gasteiger partial charge in [0.25, 0.3) is 5.91 Å². The van der Waals surface area contributed by atoms with Crippen LogP contribution in [0.1, 0.15) is 61.7 Å². The fourth-order valence-corrected chi connectivity index (χ4v) is 5.60. The molecule has 1 saturated heterocycles. The standard InChI is InChI=1S/C23H33N3O6S/c1-26-19-10-9-17(13-22(27)24-15-6-4-3-5-7-15)32-21(19)14-31-20-11-8-16(25-33(2,29)30)12-18(20)23(26)28/h8,11-12,15,17,19,21,25H,3-7,9-10,13-14H2,1-2H3,(H,24,27)/t17-,19-,21+/m0/s1. The van der Waals surface area contributed by atoms with Crippen LogP contribution in [0, 0.1) is 0 Å². The minimum Gasteiger partial charge on any atom is -0.490 e. The zero-order valence-corrected chi connectivity index (χ0v) is 20.0. The van der Waals surface area contributed by atoms with Crippen molar-refractivity contribution in [2.24, 2.45) is 0 Å². The fourth-order valence-electron chi connectivity index (χ4n) is 5.05.